The van der Waals surface area contributed by atoms with Crippen LogP contribution >= 0.6 is 0 Å². The molecule has 0 aromatic heterocycles. The van der Waals surface area contributed by atoms with Crippen LogP contribution in [0.25, 0.3) is 0 Å². The van der Waals surface area contributed by atoms with Gasteiger partial charge in [0.15, 0.2) is 0 Å². The van der Waals surface area contributed by atoms with Crippen LogP contribution in [-0.2, 0) is 4.74 Å². The van der Waals surface area contributed by atoms with Gasteiger partial charge in [0.2, 0.25) is 0 Å². The van der Waals surface area contributed by atoms with Crippen molar-refractivity contribution in [1.29, 1.82) is 0 Å². The zero-order chi connectivity index (χ0) is 12.0. The quantitative estimate of drug-likeness (QED) is 0.738. The molecule has 3 nitrogen and oxygen atoms in total. The molecule has 16 heavy (non-hydrogen) atoms. The monoisotopic (exact) mass is 226 g/mol. The van der Waals surface area contributed by atoms with Crippen molar-refractivity contribution in [2.24, 2.45) is 11.1 Å². The van der Waals surface area contributed by atoms with E-state index in [1.165, 1.54) is 12.8 Å². The molecule has 2 fully saturated rings. The molecule has 0 radical (unpaired) electrons. The molecule has 1 heterocycles. The topological polar surface area (TPSA) is 38.5 Å². The smallest absolute Gasteiger partial charge is 0.0753 e. The second-order valence-electron chi connectivity index (χ2n) is 6.70. The molecule has 0 amide bonds. The van der Waals surface area contributed by atoms with Gasteiger partial charge in [-0.2, -0.15) is 0 Å². The first-order valence-electron chi connectivity index (χ1n) is 6.45. The number of hydrogen-bond donors (Lipinski definition) is 1. The summed E-state index contributed by atoms with van der Waals surface area (Å²) in [6.07, 6.45) is 2.49. The van der Waals surface area contributed by atoms with Gasteiger partial charge in [0.05, 0.1) is 12.2 Å². The third kappa shape index (κ3) is 2.27. The van der Waals surface area contributed by atoms with Gasteiger partial charge in [0, 0.05) is 25.2 Å². The molecule has 1 aliphatic heterocycles. The largest absolute Gasteiger partial charge is 0.373 e. The maximum atomic E-state index is 6.39. The van der Waals surface area contributed by atoms with E-state index < -0.39 is 0 Å². The van der Waals surface area contributed by atoms with Crippen molar-refractivity contribution < 1.29 is 4.74 Å². The van der Waals surface area contributed by atoms with Crippen LogP contribution in [0.4, 0.5) is 0 Å². The maximum Gasteiger partial charge on any atom is 0.0753 e. The zero-order valence-corrected chi connectivity index (χ0v) is 11.1. The Morgan fingerprint density at radius 3 is 2.44 bits per heavy atom. The van der Waals surface area contributed by atoms with Crippen LogP contribution in [-0.4, -0.2) is 42.3 Å². The van der Waals surface area contributed by atoms with E-state index in [1.54, 1.807) is 0 Å². The average Bonchev–Trinajstić information content (AvgIpc) is 2.41. The molecule has 94 valence electrons. The number of nitrogens with zero attached hydrogens (tertiary/aromatic N) is 1. The molecular weight excluding hydrogens is 200 g/mol. The molecule has 2 aliphatic rings. The number of rotatable bonds is 1. The Hall–Kier alpha value is -0.120. The fourth-order valence-electron chi connectivity index (χ4n) is 3.13. The van der Waals surface area contributed by atoms with Gasteiger partial charge in [0.25, 0.3) is 0 Å². The summed E-state index contributed by atoms with van der Waals surface area (Å²) in [5.74, 6) is 0. The lowest BCUT2D eigenvalue weighted by atomic mass is 9.87. The zero-order valence-electron chi connectivity index (χ0n) is 11.1. The maximum absolute atomic E-state index is 6.39. The normalized spacial score (nSPS) is 38.8. The average molecular weight is 226 g/mol. The van der Waals surface area contributed by atoms with E-state index in [0.717, 1.165) is 19.7 Å². The van der Waals surface area contributed by atoms with Crippen LogP contribution in [0.3, 0.4) is 0 Å². The fourth-order valence-corrected chi connectivity index (χ4v) is 3.13. The van der Waals surface area contributed by atoms with E-state index >= 15 is 0 Å². The van der Waals surface area contributed by atoms with Gasteiger partial charge in [-0.15, -0.1) is 0 Å². The van der Waals surface area contributed by atoms with Crippen molar-refractivity contribution in [2.45, 2.75) is 58.2 Å². The van der Waals surface area contributed by atoms with Crippen molar-refractivity contribution in [3.8, 4) is 0 Å². The Kier molecular flexibility index (Phi) is 3.06. The Bertz CT molecular complexity index is 263. The van der Waals surface area contributed by atoms with Gasteiger partial charge < -0.3 is 10.5 Å². The molecule has 2 unspecified atom stereocenters. The summed E-state index contributed by atoms with van der Waals surface area (Å²) >= 11 is 0. The van der Waals surface area contributed by atoms with Gasteiger partial charge in [-0.3, -0.25) is 4.90 Å². The van der Waals surface area contributed by atoms with E-state index in [-0.39, 0.29) is 5.60 Å². The Balaban J connectivity index is 2.03. The van der Waals surface area contributed by atoms with Crippen LogP contribution in [0, 0.1) is 5.41 Å². The first-order valence-corrected chi connectivity index (χ1v) is 6.45. The molecule has 1 saturated carbocycles. The summed E-state index contributed by atoms with van der Waals surface area (Å²) < 4.78 is 5.76. The molecule has 2 rings (SSSR count). The number of nitrogens with two attached hydrogens (primary N) is 1. The number of ether oxygens (including phenoxy) is 1. The Morgan fingerprint density at radius 1 is 1.25 bits per heavy atom. The fraction of sp³-hybridized carbons (Fsp3) is 1.00. The minimum atomic E-state index is -0.00922. The van der Waals surface area contributed by atoms with E-state index in [4.69, 9.17) is 10.5 Å². The summed E-state index contributed by atoms with van der Waals surface area (Å²) in [7, 11) is 0. The lowest BCUT2D eigenvalue weighted by molar-refractivity contribution is -0.0987. The number of morpholine rings is 1. The van der Waals surface area contributed by atoms with Gasteiger partial charge in [-0.1, -0.05) is 13.8 Å². The van der Waals surface area contributed by atoms with Crippen LogP contribution < -0.4 is 5.73 Å². The Labute approximate surface area is 99.3 Å². The summed E-state index contributed by atoms with van der Waals surface area (Å²) in [4.78, 5) is 2.54. The summed E-state index contributed by atoms with van der Waals surface area (Å²) in [6, 6.07) is 0.861. The van der Waals surface area contributed by atoms with Gasteiger partial charge in [-0.25, -0.2) is 0 Å². The molecule has 0 aromatic rings. The molecule has 1 aliphatic carbocycles. The Morgan fingerprint density at radius 2 is 1.94 bits per heavy atom. The lowest BCUT2D eigenvalue weighted by Gasteiger charge is -2.43. The third-order valence-electron chi connectivity index (χ3n) is 4.33. The summed E-state index contributed by atoms with van der Waals surface area (Å²) in [5, 5.41) is 0. The molecule has 2 N–H and O–H groups in total. The molecule has 1 saturated heterocycles. The molecule has 0 aromatic carbocycles. The van der Waals surface area contributed by atoms with Crippen LogP contribution in [0.1, 0.15) is 40.5 Å². The predicted octanol–water partition coefficient (Wildman–Crippen LogP) is 1.61. The summed E-state index contributed by atoms with van der Waals surface area (Å²) in [5.41, 5.74) is 6.68. The summed E-state index contributed by atoms with van der Waals surface area (Å²) in [6.45, 7) is 11.8. The van der Waals surface area contributed by atoms with Crippen molar-refractivity contribution in [3.63, 3.8) is 0 Å². The second kappa shape index (κ2) is 3.97. The lowest BCUT2D eigenvalue weighted by Crippen LogP contribution is -2.57. The van der Waals surface area contributed by atoms with Crippen molar-refractivity contribution in [2.75, 3.05) is 19.7 Å². The first-order chi connectivity index (χ1) is 7.32. The predicted molar refractivity (Wildman–Crippen MR) is 66.4 cm³/mol. The SMILES string of the molecule is CC1(C)CN(C2CCC(C)(C)C2N)CCO1. The second-order valence-corrected chi connectivity index (χ2v) is 6.70. The van der Waals surface area contributed by atoms with Crippen LogP contribution in [0.15, 0.2) is 0 Å². The van der Waals surface area contributed by atoms with Crippen LogP contribution in [0.2, 0.25) is 0 Å². The molecule has 0 bridgehead atoms. The van der Waals surface area contributed by atoms with E-state index in [1.807, 2.05) is 0 Å². The highest BCUT2D eigenvalue weighted by Gasteiger charge is 2.44. The van der Waals surface area contributed by atoms with Crippen molar-refractivity contribution in [1.82, 2.24) is 4.90 Å². The minimum Gasteiger partial charge on any atom is -0.373 e. The minimum absolute atomic E-state index is 0.00922. The first kappa shape index (κ1) is 12.3. The van der Waals surface area contributed by atoms with E-state index in [9.17, 15) is 0 Å². The molecule has 3 heteroatoms. The van der Waals surface area contributed by atoms with Gasteiger partial charge >= 0.3 is 0 Å². The molecule has 2 atom stereocenters. The highest BCUT2D eigenvalue weighted by atomic mass is 16.5. The van der Waals surface area contributed by atoms with Gasteiger partial charge in [-0.05, 0) is 32.1 Å². The standard InChI is InChI=1S/C13H26N2O/c1-12(2)6-5-10(11(12)14)15-7-8-16-13(3,4)9-15/h10-11H,5-9,14H2,1-4H3. The van der Waals surface area contributed by atoms with E-state index in [0.29, 0.717) is 17.5 Å². The number of hydrogen-bond acceptors (Lipinski definition) is 3. The van der Waals surface area contributed by atoms with Crippen molar-refractivity contribution in [3.05, 3.63) is 0 Å². The highest BCUT2D eigenvalue weighted by Crippen LogP contribution is 2.39. The van der Waals surface area contributed by atoms with Crippen LogP contribution in [0.5, 0.6) is 0 Å². The van der Waals surface area contributed by atoms with E-state index in [2.05, 4.69) is 32.6 Å². The highest BCUT2D eigenvalue weighted by molar-refractivity contribution is 5.00. The van der Waals surface area contributed by atoms with Crippen molar-refractivity contribution >= 4 is 0 Å². The third-order valence-corrected chi connectivity index (χ3v) is 4.33. The van der Waals surface area contributed by atoms with Gasteiger partial charge in [0.1, 0.15) is 0 Å². The molecular formula is C13H26N2O. The molecule has 0 spiro atoms.